The molecule has 0 saturated carbocycles. The molecule has 0 aliphatic rings. The Hall–Kier alpha value is -1.80. The van der Waals surface area contributed by atoms with Crippen molar-refractivity contribution < 1.29 is 29.4 Å². The van der Waals surface area contributed by atoms with Gasteiger partial charge in [0, 0.05) is 6.42 Å². The van der Waals surface area contributed by atoms with Crippen LogP contribution in [0.3, 0.4) is 0 Å². The first-order valence-electron chi connectivity index (χ1n) is 5.06. The van der Waals surface area contributed by atoms with E-state index in [2.05, 4.69) is 0 Å². The van der Waals surface area contributed by atoms with Crippen LogP contribution in [0.1, 0.15) is 20.3 Å². The monoisotopic (exact) mass is 262 g/mol. The van der Waals surface area contributed by atoms with Crippen molar-refractivity contribution in [3.8, 4) is 0 Å². The molecule has 0 bridgehead atoms. The lowest BCUT2D eigenvalue weighted by atomic mass is 10.1. The molecule has 0 spiro atoms. The molecule has 0 radical (unpaired) electrons. The van der Waals surface area contributed by atoms with Crippen LogP contribution in [0.5, 0.6) is 0 Å². The van der Waals surface area contributed by atoms with Crippen LogP contribution in [-0.4, -0.2) is 46.3 Å². The van der Waals surface area contributed by atoms with Crippen molar-refractivity contribution in [2.24, 2.45) is 17.4 Å². The highest BCUT2D eigenvalue weighted by atomic mass is 16.4. The zero-order chi connectivity index (χ0) is 14.9. The highest BCUT2D eigenvalue weighted by Gasteiger charge is 2.17. The zero-order valence-corrected chi connectivity index (χ0v) is 10.3. The van der Waals surface area contributed by atoms with Gasteiger partial charge in [-0.25, -0.2) is 0 Å². The molecule has 18 heavy (non-hydrogen) atoms. The van der Waals surface area contributed by atoms with Crippen LogP contribution in [0.2, 0.25) is 0 Å². The van der Waals surface area contributed by atoms with E-state index in [4.69, 9.17) is 21.7 Å². The number of hydrogen-bond donors (Lipinski definition) is 4. The van der Waals surface area contributed by atoms with Crippen molar-refractivity contribution in [3.05, 3.63) is 0 Å². The van der Waals surface area contributed by atoms with Crippen LogP contribution >= 0.6 is 0 Å². The molecule has 8 heteroatoms. The normalized spacial score (nSPS) is 12.7. The van der Waals surface area contributed by atoms with Crippen LogP contribution in [0.25, 0.3) is 0 Å². The second kappa shape index (κ2) is 9.25. The smallest absolute Gasteiger partial charge is 0.320 e. The van der Waals surface area contributed by atoms with Crippen molar-refractivity contribution in [2.75, 3.05) is 6.54 Å². The molecule has 0 saturated heterocycles. The van der Waals surface area contributed by atoms with E-state index < -0.39 is 29.7 Å². The van der Waals surface area contributed by atoms with Crippen LogP contribution < -0.4 is 11.5 Å². The predicted molar refractivity (Wildman–Crippen MR) is 61.8 cm³/mol. The van der Waals surface area contributed by atoms with E-state index in [1.807, 2.05) is 0 Å². The van der Waals surface area contributed by atoms with Gasteiger partial charge in [0.1, 0.15) is 17.7 Å². The fourth-order valence-corrected chi connectivity index (χ4v) is 0.711. The number of carbonyl (C=O) groups is 4. The van der Waals surface area contributed by atoms with E-state index in [0.29, 0.717) is 0 Å². The third kappa shape index (κ3) is 9.43. The lowest BCUT2D eigenvalue weighted by Gasteiger charge is -2.00. The Morgan fingerprint density at radius 3 is 1.67 bits per heavy atom. The van der Waals surface area contributed by atoms with Gasteiger partial charge in [0.2, 0.25) is 0 Å². The molecule has 2 atom stereocenters. The van der Waals surface area contributed by atoms with Gasteiger partial charge >= 0.3 is 11.9 Å². The number of carboxylic acid groups (broad SMARTS) is 2. The lowest BCUT2D eigenvalue weighted by molar-refractivity contribution is -0.145. The minimum absolute atomic E-state index is 0.0880. The fraction of sp³-hybridized carbons (Fsp3) is 0.600. The number of carbonyl (C=O) groups excluding carboxylic acids is 2. The van der Waals surface area contributed by atoms with Crippen molar-refractivity contribution in [1.82, 2.24) is 0 Å². The Kier molecular flexibility index (Phi) is 9.54. The summed E-state index contributed by atoms with van der Waals surface area (Å²) in [5.74, 6) is -3.86. The topological polar surface area (TPSA) is 161 Å². The molecule has 0 heterocycles. The van der Waals surface area contributed by atoms with Gasteiger partial charge in [-0.1, -0.05) is 0 Å². The number of Topliss-reactive ketones (excluding diaryl/α,β-unsaturated/α-hetero) is 2. The van der Waals surface area contributed by atoms with E-state index in [-0.39, 0.29) is 18.7 Å². The molecule has 6 N–H and O–H groups in total. The number of carboxylic acids is 2. The minimum Gasteiger partial charge on any atom is -0.481 e. The first-order valence-corrected chi connectivity index (χ1v) is 5.06. The molecule has 0 amide bonds. The number of nitrogens with two attached hydrogens (primary N) is 2. The SMILES string of the molecule is CC(=O)CC(N)C(=O)O.CC(C(=O)O)C(=O)CN. The number of aliphatic carboxylic acids is 2. The molecular weight excluding hydrogens is 244 g/mol. The maximum absolute atomic E-state index is 10.4. The van der Waals surface area contributed by atoms with Crippen LogP contribution in [0.4, 0.5) is 0 Å². The minimum atomic E-state index is -1.13. The molecule has 0 fully saturated rings. The van der Waals surface area contributed by atoms with Gasteiger partial charge < -0.3 is 21.7 Å². The van der Waals surface area contributed by atoms with Gasteiger partial charge in [-0.3, -0.25) is 19.2 Å². The average Bonchev–Trinajstić information content (AvgIpc) is 2.26. The van der Waals surface area contributed by atoms with E-state index in [1.165, 1.54) is 13.8 Å². The van der Waals surface area contributed by atoms with Crippen LogP contribution in [0, 0.1) is 5.92 Å². The summed E-state index contributed by atoms with van der Waals surface area (Å²) in [6, 6.07) is -1.04. The summed E-state index contributed by atoms with van der Waals surface area (Å²) in [5, 5.41) is 16.4. The van der Waals surface area contributed by atoms with Gasteiger partial charge in [-0.15, -0.1) is 0 Å². The van der Waals surface area contributed by atoms with Gasteiger partial charge in [-0.2, -0.15) is 0 Å². The molecule has 0 aromatic carbocycles. The summed E-state index contributed by atoms with van der Waals surface area (Å²) >= 11 is 0. The quantitative estimate of drug-likeness (QED) is 0.425. The zero-order valence-electron chi connectivity index (χ0n) is 10.3. The molecular formula is C10H18N2O6. The molecule has 2 unspecified atom stereocenters. The highest BCUT2D eigenvalue weighted by Crippen LogP contribution is 1.93. The van der Waals surface area contributed by atoms with E-state index >= 15 is 0 Å². The van der Waals surface area contributed by atoms with Crippen LogP contribution in [-0.2, 0) is 19.2 Å². The van der Waals surface area contributed by atoms with Gasteiger partial charge in [0.25, 0.3) is 0 Å². The molecule has 0 rings (SSSR count). The Morgan fingerprint density at radius 2 is 1.56 bits per heavy atom. The maximum atomic E-state index is 10.4. The van der Waals surface area contributed by atoms with Crippen LogP contribution in [0.15, 0.2) is 0 Å². The van der Waals surface area contributed by atoms with Crippen molar-refractivity contribution in [2.45, 2.75) is 26.3 Å². The predicted octanol–water partition coefficient (Wildman–Crippen LogP) is -1.39. The third-order valence-corrected chi connectivity index (χ3v) is 1.88. The van der Waals surface area contributed by atoms with Crippen molar-refractivity contribution in [1.29, 1.82) is 0 Å². The summed E-state index contributed by atoms with van der Waals surface area (Å²) < 4.78 is 0. The van der Waals surface area contributed by atoms with Crippen molar-refractivity contribution >= 4 is 23.5 Å². The van der Waals surface area contributed by atoms with Gasteiger partial charge in [-0.05, 0) is 13.8 Å². The second-order valence-electron chi connectivity index (χ2n) is 3.58. The third-order valence-electron chi connectivity index (χ3n) is 1.88. The van der Waals surface area contributed by atoms with E-state index in [9.17, 15) is 19.2 Å². The largest absolute Gasteiger partial charge is 0.481 e. The van der Waals surface area contributed by atoms with E-state index in [1.54, 1.807) is 0 Å². The maximum Gasteiger partial charge on any atom is 0.320 e. The molecule has 0 aromatic rings. The first-order chi connectivity index (χ1) is 8.13. The lowest BCUT2D eigenvalue weighted by Crippen LogP contribution is -2.31. The number of rotatable bonds is 6. The second-order valence-corrected chi connectivity index (χ2v) is 3.58. The summed E-state index contributed by atoms with van der Waals surface area (Å²) in [5.41, 5.74) is 9.89. The van der Waals surface area contributed by atoms with Crippen molar-refractivity contribution in [3.63, 3.8) is 0 Å². The Balaban J connectivity index is 0. The highest BCUT2D eigenvalue weighted by molar-refractivity contribution is 5.98. The Morgan fingerprint density at radius 1 is 1.11 bits per heavy atom. The average molecular weight is 262 g/mol. The summed E-state index contributed by atoms with van der Waals surface area (Å²) in [4.78, 5) is 40.6. The molecule has 8 nitrogen and oxygen atoms in total. The molecule has 0 aromatic heterocycles. The Labute approximate surface area is 104 Å². The van der Waals surface area contributed by atoms with Gasteiger partial charge in [0.05, 0.1) is 6.54 Å². The molecule has 0 aliphatic heterocycles. The van der Waals surface area contributed by atoms with E-state index in [0.717, 1.165) is 0 Å². The summed E-state index contributed by atoms with van der Waals surface area (Å²) in [6.45, 7) is 2.42. The molecule has 0 aliphatic carbocycles. The summed E-state index contributed by atoms with van der Waals surface area (Å²) in [6.07, 6.45) is -0.0880. The Bertz CT molecular complexity index is 328. The number of ketones is 2. The standard InChI is InChI=1S/2C5H9NO3/c1-3(5(8)9)4(7)2-6;1-3(7)2-4(6)5(8)9/h3H,2,6H2,1H3,(H,8,9);4H,2,6H2,1H3,(H,8,9). The summed E-state index contributed by atoms with van der Waals surface area (Å²) in [7, 11) is 0. The van der Waals surface area contributed by atoms with Gasteiger partial charge in [0.15, 0.2) is 5.78 Å². The fourth-order valence-electron chi connectivity index (χ4n) is 0.711. The first kappa shape index (κ1) is 18.6. The number of hydrogen-bond acceptors (Lipinski definition) is 6. The molecule has 104 valence electrons.